The fourth-order valence-corrected chi connectivity index (χ4v) is 5.73. The van der Waals surface area contributed by atoms with Crippen molar-refractivity contribution in [2.24, 2.45) is 0 Å². The minimum absolute atomic E-state index is 0. The van der Waals surface area contributed by atoms with Gasteiger partial charge in [-0.1, -0.05) is 97.4 Å². The Hall–Kier alpha value is -2.09. The Kier molecular flexibility index (Phi) is 6.71. The van der Waals surface area contributed by atoms with E-state index < -0.39 is 7.92 Å². The molecular formula is C25H20LiP. The zero-order chi connectivity index (χ0) is 17.8. The van der Waals surface area contributed by atoms with Crippen LogP contribution in [0.1, 0.15) is 5.56 Å². The summed E-state index contributed by atoms with van der Waals surface area (Å²) in [4.78, 5) is 0. The SMILES string of the molecule is Cc1ccc[c-]c1-c1ccccc1P(c1ccccc1)c1ccccc1.[Li+]. The summed E-state index contributed by atoms with van der Waals surface area (Å²) in [7, 11) is -0.623. The van der Waals surface area contributed by atoms with Crippen LogP contribution < -0.4 is 34.8 Å². The van der Waals surface area contributed by atoms with Crippen LogP contribution in [-0.4, -0.2) is 0 Å². The minimum Gasteiger partial charge on any atom is -0.147 e. The molecule has 0 saturated heterocycles. The van der Waals surface area contributed by atoms with Crippen LogP contribution in [0.4, 0.5) is 0 Å². The zero-order valence-electron chi connectivity index (χ0n) is 15.8. The quantitative estimate of drug-likeness (QED) is 0.298. The Morgan fingerprint density at radius 1 is 0.630 bits per heavy atom. The number of rotatable bonds is 4. The molecule has 0 spiro atoms. The first-order valence-electron chi connectivity index (χ1n) is 8.81. The molecule has 4 aromatic rings. The van der Waals surface area contributed by atoms with Crippen molar-refractivity contribution >= 4 is 23.8 Å². The Morgan fingerprint density at radius 3 is 1.78 bits per heavy atom. The molecule has 0 heterocycles. The van der Waals surface area contributed by atoms with Gasteiger partial charge in [-0.05, 0) is 23.8 Å². The van der Waals surface area contributed by atoms with Gasteiger partial charge in [0, 0.05) is 0 Å². The van der Waals surface area contributed by atoms with Crippen molar-refractivity contribution in [2.75, 3.05) is 0 Å². The molecule has 0 saturated carbocycles. The molecule has 4 rings (SSSR count). The summed E-state index contributed by atoms with van der Waals surface area (Å²) in [6.07, 6.45) is 0. The molecule has 126 valence electrons. The second-order valence-corrected chi connectivity index (χ2v) is 8.44. The van der Waals surface area contributed by atoms with Crippen molar-refractivity contribution in [3.63, 3.8) is 0 Å². The van der Waals surface area contributed by atoms with Gasteiger partial charge in [0.25, 0.3) is 0 Å². The summed E-state index contributed by atoms with van der Waals surface area (Å²) < 4.78 is 0. The molecule has 0 radical (unpaired) electrons. The van der Waals surface area contributed by atoms with E-state index in [2.05, 4.69) is 110 Å². The number of aryl methyl sites for hydroxylation is 1. The molecule has 27 heavy (non-hydrogen) atoms. The molecule has 0 nitrogen and oxygen atoms in total. The summed E-state index contributed by atoms with van der Waals surface area (Å²) in [6, 6.07) is 40.2. The molecule has 0 unspecified atom stereocenters. The minimum atomic E-state index is -0.623. The van der Waals surface area contributed by atoms with Gasteiger partial charge in [-0.15, -0.1) is 35.4 Å². The van der Waals surface area contributed by atoms with E-state index in [9.17, 15) is 0 Å². The van der Waals surface area contributed by atoms with Gasteiger partial charge in [-0.2, -0.15) is 0 Å². The molecule has 0 aliphatic heterocycles. The number of hydrogen-bond donors (Lipinski definition) is 0. The topological polar surface area (TPSA) is 0 Å². The second kappa shape index (κ2) is 9.21. The summed E-state index contributed by atoms with van der Waals surface area (Å²) in [6.45, 7) is 2.16. The molecule has 0 aliphatic rings. The third-order valence-corrected chi connectivity index (χ3v) is 7.01. The van der Waals surface area contributed by atoms with E-state index in [-0.39, 0.29) is 18.9 Å². The second-order valence-electron chi connectivity index (χ2n) is 6.25. The first kappa shape index (κ1) is 19.7. The van der Waals surface area contributed by atoms with Gasteiger partial charge in [-0.3, -0.25) is 0 Å². The molecule has 0 bridgehead atoms. The molecule has 4 aromatic carbocycles. The van der Waals surface area contributed by atoms with Crippen LogP contribution in [0.5, 0.6) is 0 Å². The van der Waals surface area contributed by atoms with Gasteiger partial charge in [0.15, 0.2) is 0 Å². The zero-order valence-corrected chi connectivity index (χ0v) is 16.7. The van der Waals surface area contributed by atoms with Crippen molar-refractivity contribution in [3.8, 4) is 11.1 Å². The molecule has 0 fully saturated rings. The van der Waals surface area contributed by atoms with Crippen molar-refractivity contribution in [1.29, 1.82) is 0 Å². The predicted molar refractivity (Wildman–Crippen MR) is 114 cm³/mol. The smallest absolute Gasteiger partial charge is 0.147 e. The molecule has 0 atom stereocenters. The third kappa shape index (κ3) is 4.26. The van der Waals surface area contributed by atoms with E-state index >= 15 is 0 Å². The predicted octanol–water partition coefficient (Wildman–Crippen LogP) is 2.22. The molecular weight excluding hydrogens is 338 g/mol. The van der Waals surface area contributed by atoms with Crippen LogP contribution in [-0.2, 0) is 0 Å². The van der Waals surface area contributed by atoms with Crippen molar-refractivity contribution < 1.29 is 18.9 Å². The summed E-state index contributed by atoms with van der Waals surface area (Å²) >= 11 is 0. The van der Waals surface area contributed by atoms with Crippen LogP contribution in [0.25, 0.3) is 11.1 Å². The largest absolute Gasteiger partial charge is 1.00 e. The first-order valence-corrected chi connectivity index (χ1v) is 10.2. The normalized spacial score (nSPS) is 10.4. The van der Waals surface area contributed by atoms with Gasteiger partial charge in [0.2, 0.25) is 0 Å². The van der Waals surface area contributed by atoms with Crippen LogP contribution in [0.15, 0.2) is 103 Å². The van der Waals surface area contributed by atoms with Gasteiger partial charge < -0.3 is 0 Å². The average Bonchev–Trinajstić information content (AvgIpc) is 2.71. The van der Waals surface area contributed by atoms with Gasteiger partial charge in [0.1, 0.15) is 0 Å². The molecule has 0 N–H and O–H groups in total. The monoisotopic (exact) mass is 358 g/mol. The van der Waals surface area contributed by atoms with Crippen LogP contribution in [0.2, 0.25) is 0 Å². The Bertz CT molecular complexity index is 957. The summed E-state index contributed by atoms with van der Waals surface area (Å²) in [5.74, 6) is 0. The maximum Gasteiger partial charge on any atom is 1.00 e. The molecule has 0 amide bonds. The number of hydrogen-bond acceptors (Lipinski definition) is 0. The summed E-state index contributed by atoms with van der Waals surface area (Å²) in [5, 5.41) is 4.12. The van der Waals surface area contributed by atoms with E-state index in [0.29, 0.717) is 0 Å². The Morgan fingerprint density at radius 2 is 1.19 bits per heavy atom. The molecule has 2 heteroatoms. The van der Waals surface area contributed by atoms with Crippen molar-refractivity contribution in [1.82, 2.24) is 0 Å². The van der Waals surface area contributed by atoms with E-state index in [1.54, 1.807) is 0 Å². The van der Waals surface area contributed by atoms with Gasteiger partial charge >= 0.3 is 18.9 Å². The first-order chi connectivity index (χ1) is 12.8. The maximum absolute atomic E-state index is 3.46. The average molecular weight is 358 g/mol. The van der Waals surface area contributed by atoms with E-state index in [1.165, 1.54) is 32.6 Å². The van der Waals surface area contributed by atoms with Crippen molar-refractivity contribution in [3.05, 3.63) is 115 Å². The van der Waals surface area contributed by atoms with Gasteiger partial charge in [-0.25, -0.2) is 0 Å². The fraction of sp³-hybridized carbons (Fsp3) is 0.0400. The van der Waals surface area contributed by atoms with E-state index in [0.717, 1.165) is 0 Å². The van der Waals surface area contributed by atoms with Crippen LogP contribution in [0, 0.1) is 13.0 Å². The summed E-state index contributed by atoms with van der Waals surface area (Å²) in [5.41, 5.74) is 3.74. The Balaban J connectivity index is 0.00000210. The van der Waals surface area contributed by atoms with E-state index in [1.807, 2.05) is 6.07 Å². The van der Waals surface area contributed by atoms with Crippen LogP contribution in [0.3, 0.4) is 0 Å². The number of benzene rings is 4. The Labute approximate surface area is 175 Å². The van der Waals surface area contributed by atoms with Gasteiger partial charge in [0.05, 0.1) is 0 Å². The standard InChI is InChI=1S/C25H20P.Li/c1-20-12-8-9-17-23(20)24-18-10-11-19-25(24)26(21-13-4-2-5-14-21)22-15-6-3-7-16-22;/h2-16,18-19H,1H3;/q-1;+1. The molecule has 0 aromatic heterocycles. The van der Waals surface area contributed by atoms with Crippen molar-refractivity contribution in [2.45, 2.75) is 6.92 Å². The fourth-order valence-electron chi connectivity index (χ4n) is 3.27. The maximum atomic E-state index is 3.46. The van der Waals surface area contributed by atoms with Crippen LogP contribution >= 0.6 is 7.92 Å². The van der Waals surface area contributed by atoms with E-state index in [4.69, 9.17) is 0 Å². The third-order valence-electron chi connectivity index (χ3n) is 4.51. The molecule has 0 aliphatic carbocycles.